The highest BCUT2D eigenvalue weighted by atomic mass is 16.6. The third kappa shape index (κ3) is 1.88. The van der Waals surface area contributed by atoms with Gasteiger partial charge in [-0.1, -0.05) is 0 Å². The molecule has 1 aliphatic heterocycles. The van der Waals surface area contributed by atoms with Gasteiger partial charge < -0.3 is 14.9 Å². The molecular formula is C11H13N3O4. The first-order valence-electron chi connectivity index (χ1n) is 5.35. The summed E-state index contributed by atoms with van der Waals surface area (Å²) in [6.45, 7) is 0.123. The highest BCUT2D eigenvalue weighted by Gasteiger charge is 2.29. The zero-order chi connectivity index (χ0) is 13.4. The summed E-state index contributed by atoms with van der Waals surface area (Å²) < 4.78 is 0. The number of rotatable bonds is 1. The number of anilines is 1. The second-order valence-corrected chi connectivity index (χ2v) is 4.23. The van der Waals surface area contributed by atoms with E-state index >= 15 is 0 Å². The minimum absolute atomic E-state index is 0.107. The fourth-order valence-corrected chi connectivity index (χ4v) is 1.95. The van der Waals surface area contributed by atoms with E-state index < -0.39 is 11.2 Å². The average molecular weight is 251 g/mol. The third-order valence-electron chi connectivity index (χ3n) is 3.04. The molecule has 1 amide bonds. The van der Waals surface area contributed by atoms with Crippen molar-refractivity contribution in [1.82, 2.24) is 4.90 Å². The minimum atomic E-state index is -1.17. The van der Waals surface area contributed by atoms with E-state index in [-0.39, 0.29) is 18.1 Å². The van der Waals surface area contributed by atoms with Crippen molar-refractivity contribution in [2.24, 2.45) is 0 Å². The lowest BCUT2D eigenvalue weighted by atomic mass is 10.1. The number of hydrogen-bond donors (Lipinski definition) is 1. The van der Waals surface area contributed by atoms with Crippen LogP contribution in [0.3, 0.4) is 0 Å². The van der Waals surface area contributed by atoms with Crippen molar-refractivity contribution < 1.29 is 14.8 Å². The summed E-state index contributed by atoms with van der Waals surface area (Å²) in [6.07, 6.45) is -1.17. The molecule has 0 aliphatic carbocycles. The summed E-state index contributed by atoms with van der Waals surface area (Å²) in [6, 6.07) is 4.20. The topological polar surface area (TPSA) is 86.9 Å². The first-order chi connectivity index (χ1) is 8.41. The van der Waals surface area contributed by atoms with E-state index in [9.17, 15) is 20.0 Å². The molecule has 1 aromatic rings. The number of carbonyl (C=O) groups is 1. The Morgan fingerprint density at radius 2 is 2.11 bits per heavy atom. The molecule has 18 heavy (non-hydrogen) atoms. The normalized spacial score (nSPS) is 19.5. The van der Waals surface area contributed by atoms with E-state index in [1.54, 1.807) is 18.0 Å². The lowest BCUT2D eigenvalue weighted by molar-refractivity contribution is -0.385. The lowest BCUT2D eigenvalue weighted by Gasteiger charge is -2.21. The van der Waals surface area contributed by atoms with Crippen LogP contribution in [0.4, 0.5) is 11.4 Å². The van der Waals surface area contributed by atoms with Gasteiger partial charge in [0.2, 0.25) is 5.91 Å². The Hall–Kier alpha value is -2.15. The maximum absolute atomic E-state index is 11.7. The Morgan fingerprint density at radius 1 is 1.44 bits per heavy atom. The molecule has 1 N–H and O–H groups in total. The van der Waals surface area contributed by atoms with Crippen molar-refractivity contribution in [2.45, 2.75) is 6.23 Å². The Balaban J connectivity index is 2.56. The van der Waals surface area contributed by atoms with Crippen LogP contribution in [0.5, 0.6) is 0 Å². The number of hydrogen-bond acceptors (Lipinski definition) is 5. The SMILES string of the molecule is CN1CC(=O)N(C)[C@@H](O)c2cc([N+](=O)[O-])ccc21. The Morgan fingerprint density at radius 3 is 2.72 bits per heavy atom. The van der Waals surface area contributed by atoms with Crippen molar-refractivity contribution >= 4 is 17.3 Å². The highest BCUT2D eigenvalue weighted by Crippen LogP contribution is 2.33. The van der Waals surface area contributed by atoms with Gasteiger partial charge in [-0.2, -0.15) is 0 Å². The largest absolute Gasteiger partial charge is 0.369 e. The number of nitro groups is 1. The van der Waals surface area contributed by atoms with Crippen molar-refractivity contribution in [3.8, 4) is 0 Å². The van der Waals surface area contributed by atoms with Crippen molar-refractivity contribution in [3.63, 3.8) is 0 Å². The van der Waals surface area contributed by atoms with Gasteiger partial charge in [-0.05, 0) is 6.07 Å². The van der Waals surface area contributed by atoms with Crippen LogP contribution in [0.1, 0.15) is 11.8 Å². The fourth-order valence-electron chi connectivity index (χ4n) is 1.95. The Bertz CT molecular complexity index is 517. The van der Waals surface area contributed by atoms with Gasteiger partial charge in [-0.25, -0.2) is 0 Å². The molecule has 1 atom stereocenters. The number of amides is 1. The van der Waals surface area contributed by atoms with Gasteiger partial charge in [0.1, 0.15) is 0 Å². The second kappa shape index (κ2) is 4.26. The zero-order valence-corrected chi connectivity index (χ0v) is 10.0. The molecule has 0 saturated carbocycles. The molecule has 0 aromatic heterocycles. The van der Waals surface area contributed by atoms with Crippen LogP contribution in [0.25, 0.3) is 0 Å². The second-order valence-electron chi connectivity index (χ2n) is 4.23. The van der Waals surface area contributed by atoms with Gasteiger partial charge in [0.05, 0.1) is 11.5 Å². The zero-order valence-electron chi connectivity index (χ0n) is 10.0. The van der Waals surface area contributed by atoms with Gasteiger partial charge in [0.15, 0.2) is 6.23 Å². The van der Waals surface area contributed by atoms with E-state index in [2.05, 4.69) is 0 Å². The lowest BCUT2D eigenvalue weighted by Crippen LogP contribution is -2.35. The van der Waals surface area contributed by atoms with Crippen LogP contribution >= 0.6 is 0 Å². The van der Waals surface area contributed by atoms with E-state index in [0.717, 1.165) is 0 Å². The minimum Gasteiger partial charge on any atom is -0.369 e. The van der Waals surface area contributed by atoms with Crippen LogP contribution in [0.2, 0.25) is 0 Å². The smallest absolute Gasteiger partial charge is 0.270 e. The van der Waals surface area contributed by atoms with Crippen molar-refractivity contribution in [2.75, 3.05) is 25.5 Å². The predicted molar refractivity (Wildman–Crippen MR) is 64.1 cm³/mol. The van der Waals surface area contributed by atoms with Crippen LogP contribution < -0.4 is 4.90 Å². The molecule has 1 aromatic carbocycles. The quantitative estimate of drug-likeness (QED) is 0.580. The Kier molecular flexibility index (Phi) is 2.92. The number of nitro benzene ring substituents is 1. The molecule has 0 radical (unpaired) electrons. The van der Waals surface area contributed by atoms with Crippen molar-refractivity contribution in [3.05, 3.63) is 33.9 Å². The van der Waals surface area contributed by atoms with Gasteiger partial charge in [-0.3, -0.25) is 14.9 Å². The monoisotopic (exact) mass is 251 g/mol. The predicted octanol–water partition coefficient (Wildman–Crippen LogP) is 0.494. The summed E-state index contributed by atoms with van der Waals surface area (Å²) in [5.41, 5.74) is 0.870. The number of benzene rings is 1. The number of aliphatic hydroxyl groups is 1. The molecule has 0 bridgehead atoms. The molecule has 2 rings (SSSR count). The van der Waals surface area contributed by atoms with Crippen LogP contribution in [-0.4, -0.2) is 41.5 Å². The maximum Gasteiger partial charge on any atom is 0.270 e. The number of non-ortho nitro benzene ring substituents is 1. The van der Waals surface area contributed by atoms with E-state index in [4.69, 9.17) is 0 Å². The van der Waals surface area contributed by atoms with Gasteiger partial charge in [-0.15, -0.1) is 0 Å². The standard InChI is InChI=1S/C11H13N3O4/c1-12-6-10(15)13(2)11(16)8-5-7(14(17)18)3-4-9(8)12/h3-5,11,16H,6H2,1-2H3/t11-/m0/s1. The molecule has 0 spiro atoms. The van der Waals surface area contributed by atoms with E-state index in [1.165, 1.54) is 24.1 Å². The molecule has 1 heterocycles. The molecule has 7 heteroatoms. The summed E-state index contributed by atoms with van der Waals surface area (Å²) in [5.74, 6) is -0.246. The van der Waals surface area contributed by atoms with Crippen LogP contribution in [0.15, 0.2) is 18.2 Å². The van der Waals surface area contributed by atoms with Crippen molar-refractivity contribution in [1.29, 1.82) is 0 Å². The van der Waals surface area contributed by atoms with Crippen LogP contribution in [-0.2, 0) is 4.79 Å². The third-order valence-corrected chi connectivity index (χ3v) is 3.04. The van der Waals surface area contributed by atoms with Gasteiger partial charge in [0.25, 0.3) is 5.69 Å². The molecule has 7 nitrogen and oxygen atoms in total. The van der Waals surface area contributed by atoms with Gasteiger partial charge in [0, 0.05) is 37.5 Å². The number of likely N-dealkylation sites (N-methyl/N-ethyl adjacent to an activating group) is 2. The number of aliphatic hydroxyl groups excluding tert-OH is 1. The summed E-state index contributed by atoms with van der Waals surface area (Å²) in [5, 5.41) is 20.8. The van der Waals surface area contributed by atoms with E-state index in [0.29, 0.717) is 11.3 Å². The first kappa shape index (κ1) is 12.3. The molecule has 1 aliphatic rings. The summed E-state index contributed by atoms with van der Waals surface area (Å²) >= 11 is 0. The number of carbonyl (C=O) groups excluding carboxylic acids is 1. The molecule has 0 fully saturated rings. The highest BCUT2D eigenvalue weighted by molar-refractivity contribution is 5.83. The number of fused-ring (bicyclic) bond motifs is 1. The molecule has 0 saturated heterocycles. The molecule has 0 unspecified atom stereocenters. The molecule has 96 valence electrons. The Labute approximate surface area is 103 Å². The van der Waals surface area contributed by atoms with Gasteiger partial charge >= 0.3 is 0 Å². The first-order valence-corrected chi connectivity index (χ1v) is 5.35. The van der Waals surface area contributed by atoms with Crippen LogP contribution in [0, 0.1) is 10.1 Å². The number of nitrogens with zero attached hydrogens (tertiary/aromatic N) is 3. The fraction of sp³-hybridized carbons (Fsp3) is 0.364. The molecular weight excluding hydrogens is 238 g/mol. The van der Waals surface area contributed by atoms with E-state index in [1.807, 2.05) is 0 Å². The maximum atomic E-state index is 11.7. The average Bonchev–Trinajstić information content (AvgIpc) is 2.42. The summed E-state index contributed by atoms with van der Waals surface area (Å²) in [4.78, 5) is 24.8. The summed E-state index contributed by atoms with van der Waals surface area (Å²) in [7, 11) is 3.17.